The number of nitrogens with zero attached hydrogens (tertiary/aromatic N) is 12. The number of hydrogen-bond donors (Lipinski definition) is 0. The van der Waals surface area contributed by atoms with Gasteiger partial charge < -0.3 is 142 Å². The van der Waals surface area contributed by atoms with E-state index >= 15 is 0 Å². The van der Waals surface area contributed by atoms with Crippen LogP contribution in [0.1, 0.15) is 0 Å². The van der Waals surface area contributed by atoms with Crippen LogP contribution >= 0.6 is 0 Å². The Morgan fingerprint density at radius 1 is 0.148 bits per heavy atom. The smallest absolute Gasteiger partial charge is 0.512 e. The summed E-state index contributed by atoms with van der Waals surface area (Å²) in [5.41, 5.74) is 0. The van der Waals surface area contributed by atoms with E-state index in [1.165, 1.54) is 0 Å². The Balaban J connectivity index is -0.00000000443. The molecule has 0 bridgehead atoms. The zero-order chi connectivity index (χ0) is 24.0. The molecule has 0 saturated carbocycles. The zero-order valence-electron chi connectivity index (χ0n) is 12.4. The summed E-state index contributed by atoms with van der Waals surface area (Å²) in [6.45, 7) is 57.0. The van der Waals surface area contributed by atoms with Crippen LogP contribution in [0.5, 0.6) is 0 Å². The SMILES string of the molecule is [C-]#N.[C-]#N.[C-]#N.[C-]#N.[C-]#N.[C-]#N.[C-]#N.[C-]#N.[C-]#N.[C-]#N.[C-]#N.[C-]#N.[Ru+4].[Ru+4].[Ru+4]. The largest absolute Gasteiger partial charge is 4.00 e. The molecule has 0 radical (unpaired) electrons. The maximum absolute atomic E-state index is 6.25. The van der Waals surface area contributed by atoms with Gasteiger partial charge >= 0.3 is 58.4 Å². The van der Waals surface area contributed by atoms with Gasteiger partial charge in [-0.1, -0.05) is 0 Å². The number of hydrogen-bond acceptors (Lipinski definition) is 12. The second kappa shape index (κ2) is 519. The van der Waals surface area contributed by atoms with E-state index < -0.39 is 0 Å². The fourth-order valence-corrected chi connectivity index (χ4v) is 0. The molecular formula is C12N12Ru3. The fourth-order valence-electron chi connectivity index (χ4n) is 0. The molecule has 15 heteroatoms. The van der Waals surface area contributed by atoms with Gasteiger partial charge in [-0.3, -0.25) is 0 Å². The molecule has 0 fully saturated rings. The first kappa shape index (κ1) is 179. The first-order valence-corrected chi connectivity index (χ1v) is 2.68. The maximum atomic E-state index is 6.25. The first-order chi connectivity index (χ1) is 12.0. The van der Waals surface area contributed by atoms with E-state index in [4.69, 9.17) is 142 Å². The van der Waals surface area contributed by atoms with Gasteiger partial charge in [0.15, 0.2) is 0 Å². The zero-order valence-corrected chi connectivity index (χ0v) is 17.6. The molecule has 0 rings (SSSR count). The quantitative estimate of drug-likeness (QED) is 0.274. The molecule has 0 aromatic heterocycles. The van der Waals surface area contributed by atoms with Crippen molar-refractivity contribution in [2.24, 2.45) is 0 Å². The van der Waals surface area contributed by atoms with E-state index in [1.54, 1.807) is 0 Å². The summed E-state index contributed by atoms with van der Waals surface area (Å²) in [5, 5.41) is 75.0. The van der Waals surface area contributed by atoms with E-state index in [-0.39, 0.29) is 58.4 Å². The Morgan fingerprint density at radius 2 is 0.148 bits per heavy atom. The predicted molar refractivity (Wildman–Crippen MR) is 59.6 cm³/mol. The van der Waals surface area contributed by atoms with E-state index in [0.717, 1.165) is 0 Å². The molecule has 0 saturated heterocycles. The Morgan fingerprint density at radius 3 is 0.148 bits per heavy atom. The predicted octanol–water partition coefficient (Wildman–Crippen LogP) is 1.15. The molecule has 27 heavy (non-hydrogen) atoms. The Kier molecular flexibility index (Phi) is 3440. The van der Waals surface area contributed by atoms with Crippen molar-refractivity contribution in [2.45, 2.75) is 0 Å². The van der Waals surface area contributed by atoms with Crippen molar-refractivity contribution in [3.63, 3.8) is 0 Å². The third kappa shape index (κ3) is 470. The van der Waals surface area contributed by atoms with Gasteiger partial charge in [0, 0.05) is 0 Å². The van der Waals surface area contributed by atoms with E-state index in [2.05, 4.69) is 0 Å². The maximum Gasteiger partial charge on any atom is 4.00 e. The molecule has 0 spiro atoms. The Labute approximate surface area is 199 Å². The molecule has 132 valence electrons. The minimum Gasteiger partial charge on any atom is -0.512 e. The molecule has 0 aliphatic rings. The Hall–Kier alpha value is -4.25. The number of rotatable bonds is 0. The van der Waals surface area contributed by atoms with Gasteiger partial charge in [-0.05, 0) is 0 Å². The van der Waals surface area contributed by atoms with Gasteiger partial charge in [0.05, 0.1) is 0 Å². The Bertz CT molecular complexity index is 224. The van der Waals surface area contributed by atoms with Gasteiger partial charge in [-0.25, -0.2) is 0 Å². The molecule has 0 amide bonds. The normalized spacial score (nSPS) is 0.889. The standard InChI is InChI=1S/12CN.3Ru/c12*1-2;;;/q12*-1;3*+4. The second-order valence-corrected chi connectivity index (χ2v) is 0. The molecule has 0 aromatic rings. The minimum atomic E-state index is 0. The van der Waals surface area contributed by atoms with E-state index in [1.807, 2.05) is 0 Å². The molecule has 0 aromatic carbocycles. The molecule has 12 nitrogen and oxygen atoms in total. The van der Waals surface area contributed by atoms with E-state index in [9.17, 15) is 0 Å². The molecule has 0 unspecified atom stereocenters. The molecule has 0 aliphatic carbocycles. The molecular weight excluding hydrogens is 615 g/mol. The van der Waals surface area contributed by atoms with Crippen LogP contribution in [0, 0.1) is 142 Å². The van der Waals surface area contributed by atoms with Crippen LogP contribution < -0.4 is 0 Å². The van der Waals surface area contributed by atoms with Gasteiger partial charge in [-0.2, -0.15) is 0 Å². The fraction of sp³-hybridized carbons (Fsp3) is 0. The van der Waals surface area contributed by atoms with Crippen molar-refractivity contribution in [1.82, 2.24) is 0 Å². The van der Waals surface area contributed by atoms with Crippen LogP contribution in [-0.2, 0) is 58.4 Å². The second-order valence-electron chi connectivity index (χ2n) is 0. The summed E-state index contributed by atoms with van der Waals surface area (Å²) < 4.78 is 0. The van der Waals surface area contributed by atoms with Crippen LogP contribution in [-0.4, -0.2) is 0 Å². The van der Waals surface area contributed by atoms with Crippen molar-refractivity contribution in [3.8, 4) is 0 Å². The van der Waals surface area contributed by atoms with Crippen molar-refractivity contribution >= 4 is 0 Å². The van der Waals surface area contributed by atoms with Gasteiger partial charge in [0.2, 0.25) is 0 Å². The van der Waals surface area contributed by atoms with Crippen LogP contribution in [0.2, 0.25) is 0 Å². The summed E-state index contributed by atoms with van der Waals surface area (Å²) in [5.74, 6) is 0. The summed E-state index contributed by atoms with van der Waals surface area (Å²) in [7, 11) is 0. The van der Waals surface area contributed by atoms with Crippen LogP contribution in [0.3, 0.4) is 0 Å². The average Bonchev–Trinajstić information content (AvgIpc) is 2.84. The van der Waals surface area contributed by atoms with E-state index in [0.29, 0.717) is 0 Å². The van der Waals surface area contributed by atoms with Gasteiger partial charge in [0.25, 0.3) is 0 Å². The van der Waals surface area contributed by atoms with Crippen molar-refractivity contribution < 1.29 is 58.4 Å². The average molecular weight is 615 g/mol. The van der Waals surface area contributed by atoms with Gasteiger partial charge in [-0.15, -0.1) is 0 Å². The van der Waals surface area contributed by atoms with Crippen molar-refractivity contribution in [2.75, 3.05) is 0 Å². The van der Waals surface area contributed by atoms with Crippen molar-refractivity contribution in [3.05, 3.63) is 78.9 Å². The van der Waals surface area contributed by atoms with Crippen LogP contribution in [0.25, 0.3) is 0 Å². The minimum absolute atomic E-state index is 0. The molecule has 0 heterocycles. The monoisotopic (exact) mass is 618 g/mol. The topological polar surface area (TPSA) is 285 Å². The summed E-state index contributed by atoms with van der Waals surface area (Å²) in [4.78, 5) is 0. The van der Waals surface area contributed by atoms with Crippen molar-refractivity contribution in [1.29, 1.82) is 63.1 Å². The molecule has 0 atom stereocenters. The van der Waals surface area contributed by atoms with Crippen LogP contribution in [0.15, 0.2) is 0 Å². The summed E-state index contributed by atoms with van der Waals surface area (Å²) in [6.07, 6.45) is 0. The third-order valence-electron chi connectivity index (χ3n) is 0. The summed E-state index contributed by atoms with van der Waals surface area (Å²) in [6, 6.07) is 0. The molecule has 0 N–H and O–H groups in total. The summed E-state index contributed by atoms with van der Waals surface area (Å²) >= 11 is 0. The van der Waals surface area contributed by atoms with Gasteiger partial charge in [0.1, 0.15) is 0 Å². The van der Waals surface area contributed by atoms with Crippen LogP contribution in [0.4, 0.5) is 0 Å². The first-order valence-electron chi connectivity index (χ1n) is 2.68. The molecule has 0 aliphatic heterocycles. The third-order valence-corrected chi connectivity index (χ3v) is 0.